The quantitative estimate of drug-likeness (QED) is 0.605. The van der Waals surface area contributed by atoms with Crippen molar-refractivity contribution in [1.29, 1.82) is 0 Å². The fourth-order valence-electron chi connectivity index (χ4n) is 2.22. The van der Waals surface area contributed by atoms with Gasteiger partial charge in [-0.2, -0.15) is 0 Å². The normalized spacial score (nSPS) is 14.3. The topological polar surface area (TPSA) is 64.3 Å². The van der Waals surface area contributed by atoms with E-state index in [1.165, 1.54) is 19.1 Å². The van der Waals surface area contributed by atoms with Crippen molar-refractivity contribution in [1.82, 2.24) is 0 Å². The number of benzene rings is 1. The number of rotatable bonds is 2. The van der Waals surface area contributed by atoms with E-state index in [1.807, 2.05) is 0 Å². The van der Waals surface area contributed by atoms with Crippen LogP contribution in [-0.4, -0.2) is 17.3 Å². The summed E-state index contributed by atoms with van der Waals surface area (Å²) in [4.78, 5) is 36.5. The highest BCUT2D eigenvalue weighted by atomic mass is 79.9. The van der Waals surface area contributed by atoms with Gasteiger partial charge < -0.3 is 4.42 Å². The van der Waals surface area contributed by atoms with Crippen LogP contribution < -0.4 is 0 Å². The minimum absolute atomic E-state index is 0.00981. The summed E-state index contributed by atoms with van der Waals surface area (Å²) < 4.78 is 18.6. The van der Waals surface area contributed by atoms with E-state index in [9.17, 15) is 18.8 Å². The Morgan fingerprint density at radius 1 is 1.14 bits per heavy atom. The van der Waals surface area contributed by atoms with Crippen molar-refractivity contribution in [3.8, 4) is 0 Å². The zero-order valence-electron chi connectivity index (χ0n) is 11.3. The molecule has 0 saturated carbocycles. The second-order valence-electron chi connectivity index (χ2n) is 4.79. The number of carbonyl (C=O) groups is 3. The summed E-state index contributed by atoms with van der Waals surface area (Å²) in [6, 6.07) is 4.91. The van der Waals surface area contributed by atoms with E-state index in [0.717, 1.165) is 18.4 Å². The lowest BCUT2D eigenvalue weighted by Gasteiger charge is -2.11. The van der Waals surface area contributed by atoms with Crippen LogP contribution in [0.3, 0.4) is 0 Å². The van der Waals surface area contributed by atoms with Crippen molar-refractivity contribution in [2.24, 2.45) is 0 Å². The summed E-state index contributed by atoms with van der Waals surface area (Å²) in [6.45, 7) is 1.50. The van der Waals surface area contributed by atoms with Crippen molar-refractivity contribution in [3.05, 3.63) is 64.4 Å². The van der Waals surface area contributed by atoms with Crippen LogP contribution in [0.1, 0.15) is 39.0 Å². The highest BCUT2D eigenvalue weighted by Crippen LogP contribution is 2.37. The van der Waals surface area contributed by atoms with Crippen molar-refractivity contribution < 1.29 is 23.2 Å². The van der Waals surface area contributed by atoms with Gasteiger partial charge in [0.25, 0.3) is 0 Å². The number of hydrogen-bond acceptors (Lipinski definition) is 4. The van der Waals surface area contributed by atoms with Gasteiger partial charge in [-0.3, -0.25) is 14.4 Å². The van der Waals surface area contributed by atoms with Gasteiger partial charge in [-0.25, -0.2) is 4.39 Å². The maximum atomic E-state index is 12.9. The van der Waals surface area contributed by atoms with Crippen LogP contribution in [0.15, 0.2) is 40.5 Å². The lowest BCUT2D eigenvalue weighted by atomic mass is 9.90. The molecule has 22 heavy (non-hydrogen) atoms. The number of Topliss-reactive ketones (excluding diaryl/α,β-unsaturated/α-hetero) is 2. The Morgan fingerprint density at radius 3 is 2.41 bits per heavy atom. The Hall–Kier alpha value is -2.34. The monoisotopic (exact) mass is 362 g/mol. The summed E-state index contributed by atoms with van der Waals surface area (Å²) >= 11 is 3.20. The molecule has 0 radical (unpaired) electrons. The molecular weight excluding hydrogens is 355 g/mol. The first-order valence-electron chi connectivity index (χ1n) is 6.29. The van der Waals surface area contributed by atoms with E-state index in [-0.39, 0.29) is 28.0 Å². The van der Waals surface area contributed by atoms with Crippen LogP contribution in [0.2, 0.25) is 0 Å². The van der Waals surface area contributed by atoms with Crippen LogP contribution in [0.5, 0.6) is 0 Å². The minimum atomic E-state index is -0.782. The van der Waals surface area contributed by atoms with E-state index < -0.39 is 23.2 Å². The molecule has 0 unspecified atom stereocenters. The highest BCUT2D eigenvalue weighted by Gasteiger charge is 2.36. The lowest BCUT2D eigenvalue weighted by molar-refractivity contribution is -0.111. The molecule has 2 aromatic rings. The van der Waals surface area contributed by atoms with Gasteiger partial charge in [0.05, 0.1) is 15.6 Å². The molecule has 110 valence electrons. The Bertz CT molecular complexity index is 859. The summed E-state index contributed by atoms with van der Waals surface area (Å²) in [5.74, 6) is -2.29. The predicted octanol–water partition coefficient (Wildman–Crippen LogP) is 3.54. The van der Waals surface area contributed by atoms with E-state index in [4.69, 9.17) is 4.42 Å². The summed E-state index contributed by atoms with van der Waals surface area (Å²) in [5, 5.41) is 0. The van der Waals surface area contributed by atoms with Crippen molar-refractivity contribution in [2.75, 3.05) is 0 Å². The maximum Gasteiger partial charge on any atom is 0.237 e. The SMILES string of the molecule is CC1=C(Br)c2occ(C(=O)c3ccc(F)cc3)c2C(=O)C1=O. The Balaban J connectivity index is 2.14. The molecule has 3 rings (SSSR count). The molecule has 0 bridgehead atoms. The van der Waals surface area contributed by atoms with E-state index in [0.29, 0.717) is 4.48 Å². The smallest absolute Gasteiger partial charge is 0.237 e. The maximum absolute atomic E-state index is 12.9. The van der Waals surface area contributed by atoms with Crippen molar-refractivity contribution in [2.45, 2.75) is 6.92 Å². The molecule has 0 fully saturated rings. The van der Waals surface area contributed by atoms with Crippen LogP contribution in [0.25, 0.3) is 4.48 Å². The molecule has 1 aromatic heterocycles. The molecule has 0 spiro atoms. The number of carbonyl (C=O) groups excluding carboxylic acids is 3. The third-order valence-electron chi connectivity index (χ3n) is 3.44. The van der Waals surface area contributed by atoms with Crippen molar-refractivity contribution >= 4 is 37.8 Å². The molecule has 0 N–H and O–H groups in total. The van der Waals surface area contributed by atoms with E-state index in [1.54, 1.807) is 0 Å². The summed E-state index contributed by atoms with van der Waals surface area (Å²) in [5.41, 5.74) is 0.362. The van der Waals surface area contributed by atoms with Gasteiger partial charge >= 0.3 is 0 Å². The highest BCUT2D eigenvalue weighted by molar-refractivity contribution is 9.15. The summed E-state index contributed by atoms with van der Waals surface area (Å²) in [7, 11) is 0. The molecule has 1 aromatic carbocycles. The molecule has 0 saturated heterocycles. The summed E-state index contributed by atoms with van der Waals surface area (Å²) in [6.07, 6.45) is 1.14. The van der Waals surface area contributed by atoms with Crippen LogP contribution >= 0.6 is 15.9 Å². The van der Waals surface area contributed by atoms with E-state index >= 15 is 0 Å². The Morgan fingerprint density at radius 2 is 1.77 bits per heavy atom. The Labute approximate surface area is 132 Å². The van der Waals surface area contributed by atoms with Gasteiger partial charge in [0, 0.05) is 11.1 Å². The molecule has 1 aliphatic rings. The van der Waals surface area contributed by atoms with Gasteiger partial charge in [0.1, 0.15) is 12.1 Å². The Kier molecular flexibility index (Phi) is 3.41. The van der Waals surface area contributed by atoms with Crippen molar-refractivity contribution in [3.63, 3.8) is 0 Å². The first-order chi connectivity index (χ1) is 10.4. The third kappa shape index (κ3) is 2.07. The zero-order chi connectivity index (χ0) is 16.0. The first-order valence-corrected chi connectivity index (χ1v) is 7.08. The first kappa shape index (κ1) is 14.6. The fraction of sp³-hybridized carbons (Fsp3) is 0.0625. The number of halogens is 2. The average molecular weight is 363 g/mol. The molecule has 6 heteroatoms. The zero-order valence-corrected chi connectivity index (χ0v) is 12.9. The molecule has 1 heterocycles. The van der Waals surface area contributed by atoms with E-state index in [2.05, 4.69) is 15.9 Å². The second-order valence-corrected chi connectivity index (χ2v) is 5.58. The minimum Gasteiger partial charge on any atom is -0.462 e. The fourth-order valence-corrected chi connectivity index (χ4v) is 2.69. The largest absolute Gasteiger partial charge is 0.462 e. The number of allylic oxidation sites excluding steroid dienone is 1. The van der Waals surface area contributed by atoms with Gasteiger partial charge in [-0.15, -0.1) is 0 Å². The molecule has 1 aliphatic carbocycles. The predicted molar refractivity (Wildman–Crippen MR) is 79.4 cm³/mol. The van der Waals surface area contributed by atoms with Crippen LogP contribution in [-0.2, 0) is 4.79 Å². The second kappa shape index (κ2) is 5.14. The number of ketones is 3. The van der Waals surface area contributed by atoms with Crippen LogP contribution in [0, 0.1) is 5.82 Å². The van der Waals surface area contributed by atoms with Gasteiger partial charge in [0.15, 0.2) is 11.5 Å². The lowest BCUT2D eigenvalue weighted by Crippen LogP contribution is -2.22. The van der Waals surface area contributed by atoms with Gasteiger partial charge in [0.2, 0.25) is 11.6 Å². The van der Waals surface area contributed by atoms with Gasteiger partial charge in [-0.05, 0) is 47.1 Å². The van der Waals surface area contributed by atoms with Gasteiger partial charge in [-0.1, -0.05) is 0 Å². The average Bonchev–Trinajstić information content (AvgIpc) is 2.96. The molecular formula is C16H8BrFO4. The molecule has 0 atom stereocenters. The molecule has 4 nitrogen and oxygen atoms in total. The molecule has 0 amide bonds. The standard InChI is InChI=1S/C16H8BrFO4/c1-7-12(17)16-11(15(21)13(7)19)10(6-22-16)14(20)8-2-4-9(18)5-3-8/h2-6H,1H3. The number of hydrogen-bond donors (Lipinski definition) is 0. The number of fused-ring (bicyclic) bond motifs is 1. The van der Waals surface area contributed by atoms with Crippen LogP contribution in [0.4, 0.5) is 4.39 Å². The number of furan rings is 1. The molecule has 0 aliphatic heterocycles. The third-order valence-corrected chi connectivity index (χ3v) is 4.40.